The Bertz CT molecular complexity index is 562. The van der Waals surface area contributed by atoms with Gasteiger partial charge in [0, 0.05) is 30.9 Å². The molecule has 2 heterocycles. The summed E-state index contributed by atoms with van der Waals surface area (Å²) in [7, 11) is 0. The van der Waals surface area contributed by atoms with Gasteiger partial charge in [0.2, 0.25) is 11.9 Å². The molecule has 0 saturated carbocycles. The van der Waals surface area contributed by atoms with Crippen LogP contribution in [0, 0.1) is 0 Å². The van der Waals surface area contributed by atoms with Crippen LogP contribution in [0.2, 0.25) is 0 Å². The smallest absolute Gasteiger partial charge is 0.253 e. The molecule has 0 aliphatic rings. The van der Waals surface area contributed by atoms with Crippen LogP contribution in [0.1, 0.15) is 19.5 Å². The van der Waals surface area contributed by atoms with E-state index < -0.39 is 0 Å². The summed E-state index contributed by atoms with van der Waals surface area (Å²) in [5.41, 5.74) is 2.92. The molecule has 0 spiro atoms. The van der Waals surface area contributed by atoms with Gasteiger partial charge in [-0.05, 0) is 26.0 Å². The van der Waals surface area contributed by atoms with Crippen LogP contribution < -0.4 is 16.1 Å². The first-order valence-electron chi connectivity index (χ1n) is 6.74. The fourth-order valence-corrected chi connectivity index (χ4v) is 1.68. The molecule has 2 aromatic heterocycles. The zero-order valence-electron chi connectivity index (χ0n) is 12.0. The highest BCUT2D eigenvalue weighted by molar-refractivity contribution is 5.41. The number of nitrogens with zero attached hydrogens (tertiary/aromatic N) is 4. The maximum Gasteiger partial charge on any atom is 0.253 e. The summed E-state index contributed by atoms with van der Waals surface area (Å²) in [6.07, 6.45) is 2.51. The standard InChI is InChI=1S/C13H19N7O/c1-9(2)16-12-17-11(18-13(19-12)20-21)15-8-6-10-5-3-4-7-14-10/h3-5,7,9,21H,6,8H2,1-2H3,(H3,15,16,17,18,19,20). The quantitative estimate of drug-likeness (QED) is 0.568. The lowest BCUT2D eigenvalue weighted by Gasteiger charge is -2.11. The minimum absolute atomic E-state index is 0.0912. The highest BCUT2D eigenvalue weighted by Crippen LogP contribution is 2.09. The van der Waals surface area contributed by atoms with E-state index in [9.17, 15) is 0 Å². The van der Waals surface area contributed by atoms with Gasteiger partial charge in [0.05, 0.1) is 0 Å². The fraction of sp³-hybridized carbons (Fsp3) is 0.385. The van der Waals surface area contributed by atoms with Crippen molar-refractivity contribution in [3.63, 3.8) is 0 Å². The zero-order chi connectivity index (χ0) is 15.1. The Labute approximate surface area is 123 Å². The summed E-state index contributed by atoms with van der Waals surface area (Å²) >= 11 is 0. The van der Waals surface area contributed by atoms with Crippen molar-refractivity contribution in [1.82, 2.24) is 19.9 Å². The predicted molar refractivity (Wildman–Crippen MR) is 80.4 cm³/mol. The van der Waals surface area contributed by atoms with E-state index >= 15 is 0 Å². The third-order valence-corrected chi connectivity index (χ3v) is 2.54. The molecule has 8 heteroatoms. The average molecular weight is 289 g/mol. The second-order valence-corrected chi connectivity index (χ2v) is 4.71. The van der Waals surface area contributed by atoms with Gasteiger partial charge in [-0.1, -0.05) is 6.07 Å². The second kappa shape index (κ2) is 7.34. The summed E-state index contributed by atoms with van der Waals surface area (Å²) in [6, 6.07) is 5.97. The van der Waals surface area contributed by atoms with Crippen molar-refractivity contribution in [2.75, 3.05) is 22.7 Å². The fourth-order valence-electron chi connectivity index (χ4n) is 1.68. The van der Waals surface area contributed by atoms with Gasteiger partial charge < -0.3 is 10.6 Å². The van der Waals surface area contributed by atoms with E-state index in [1.807, 2.05) is 37.5 Å². The first-order valence-corrected chi connectivity index (χ1v) is 6.74. The minimum atomic E-state index is 0.0912. The predicted octanol–water partition coefficient (Wildman–Crippen LogP) is 1.54. The van der Waals surface area contributed by atoms with E-state index in [0.717, 1.165) is 12.1 Å². The molecule has 4 N–H and O–H groups in total. The lowest BCUT2D eigenvalue weighted by atomic mass is 10.3. The molecule has 0 fully saturated rings. The SMILES string of the molecule is CC(C)Nc1nc(NO)nc(NCCc2ccccn2)n1. The van der Waals surface area contributed by atoms with E-state index in [2.05, 4.69) is 30.6 Å². The van der Waals surface area contributed by atoms with Gasteiger partial charge in [0.15, 0.2) is 0 Å². The van der Waals surface area contributed by atoms with E-state index in [-0.39, 0.29) is 12.0 Å². The number of aromatic nitrogens is 4. The molecule has 112 valence electrons. The van der Waals surface area contributed by atoms with Crippen molar-refractivity contribution in [1.29, 1.82) is 0 Å². The topological polar surface area (TPSA) is 108 Å². The summed E-state index contributed by atoms with van der Waals surface area (Å²) < 4.78 is 0. The minimum Gasteiger partial charge on any atom is -0.354 e. The van der Waals surface area contributed by atoms with Gasteiger partial charge in [-0.25, -0.2) is 5.48 Å². The monoisotopic (exact) mass is 289 g/mol. The van der Waals surface area contributed by atoms with E-state index in [0.29, 0.717) is 18.4 Å². The Kier molecular flexibility index (Phi) is 5.22. The Morgan fingerprint density at radius 1 is 1.10 bits per heavy atom. The Hall–Kier alpha value is -2.48. The maximum absolute atomic E-state index is 8.96. The van der Waals surface area contributed by atoms with Gasteiger partial charge in [0.1, 0.15) is 0 Å². The largest absolute Gasteiger partial charge is 0.354 e. The number of nitrogens with one attached hydrogen (secondary N) is 3. The molecule has 21 heavy (non-hydrogen) atoms. The second-order valence-electron chi connectivity index (χ2n) is 4.71. The van der Waals surface area contributed by atoms with Crippen LogP contribution in [0.4, 0.5) is 17.8 Å². The van der Waals surface area contributed by atoms with Gasteiger partial charge in [-0.15, -0.1) is 0 Å². The van der Waals surface area contributed by atoms with E-state index in [4.69, 9.17) is 5.21 Å². The normalized spacial score (nSPS) is 10.5. The number of rotatable bonds is 7. The van der Waals surface area contributed by atoms with Crippen LogP contribution in [-0.2, 0) is 6.42 Å². The molecular weight excluding hydrogens is 270 g/mol. The van der Waals surface area contributed by atoms with Gasteiger partial charge in [-0.2, -0.15) is 15.0 Å². The van der Waals surface area contributed by atoms with Crippen molar-refractivity contribution >= 4 is 17.8 Å². The van der Waals surface area contributed by atoms with Crippen molar-refractivity contribution in [2.45, 2.75) is 26.3 Å². The molecule has 0 aliphatic heterocycles. The number of pyridine rings is 1. The lowest BCUT2D eigenvalue weighted by molar-refractivity contribution is 0.382. The van der Waals surface area contributed by atoms with Crippen molar-refractivity contribution < 1.29 is 5.21 Å². The third-order valence-electron chi connectivity index (χ3n) is 2.54. The van der Waals surface area contributed by atoms with Crippen LogP contribution in [-0.4, -0.2) is 37.7 Å². The van der Waals surface area contributed by atoms with Crippen LogP contribution in [0.15, 0.2) is 24.4 Å². The lowest BCUT2D eigenvalue weighted by Crippen LogP contribution is -2.16. The summed E-state index contributed by atoms with van der Waals surface area (Å²) in [5, 5.41) is 15.1. The highest BCUT2D eigenvalue weighted by atomic mass is 16.5. The Morgan fingerprint density at radius 3 is 2.52 bits per heavy atom. The van der Waals surface area contributed by atoms with Crippen molar-refractivity contribution in [2.24, 2.45) is 0 Å². The highest BCUT2D eigenvalue weighted by Gasteiger charge is 2.06. The number of hydrogen-bond donors (Lipinski definition) is 4. The summed E-state index contributed by atoms with van der Waals surface area (Å²) in [4.78, 5) is 16.5. The molecule has 0 aromatic carbocycles. The first kappa shape index (κ1) is 14.9. The average Bonchev–Trinajstić information content (AvgIpc) is 2.47. The van der Waals surface area contributed by atoms with Crippen LogP contribution in [0.3, 0.4) is 0 Å². The summed E-state index contributed by atoms with van der Waals surface area (Å²) in [6.45, 7) is 4.58. The van der Waals surface area contributed by atoms with Crippen LogP contribution in [0.25, 0.3) is 0 Å². The first-order chi connectivity index (χ1) is 10.2. The molecular formula is C13H19N7O. The van der Waals surface area contributed by atoms with Gasteiger partial charge >= 0.3 is 0 Å². The molecule has 0 aliphatic carbocycles. The molecule has 0 bridgehead atoms. The van der Waals surface area contributed by atoms with Crippen molar-refractivity contribution in [3.05, 3.63) is 30.1 Å². The Morgan fingerprint density at radius 2 is 1.86 bits per heavy atom. The number of hydrogen-bond acceptors (Lipinski definition) is 8. The molecule has 0 saturated heterocycles. The zero-order valence-corrected chi connectivity index (χ0v) is 12.0. The van der Waals surface area contributed by atoms with Crippen LogP contribution >= 0.6 is 0 Å². The number of anilines is 3. The van der Waals surface area contributed by atoms with E-state index in [1.165, 1.54) is 0 Å². The maximum atomic E-state index is 8.96. The molecule has 8 nitrogen and oxygen atoms in total. The van der Waals surface area contributed by atoms with Crippen molar-refractivity contribution in [3.8, 4) is 0 Å². The molecule has 0 radical (unpaired) electrons. The van der Waals surface area contributed by atoms with E-state index in [1.54, 1.807) is 6.20 Å². The third kappa shape index (κ3) is 4.84. The molecule has 0 atom stereocenters. The molecule has 2 aromatic rings. The Balaban J connectivity index is 1.98. The molecule has 0 unspecified atom stereocenters. The van der Waals surface area contributed by atoms with Gasteiger partial charge in [-0.3, -0.25) is 10.2 Å². The van der Waals surface area contributed by atoms with Crippen LogP contribution in [0.5, 0.6) is 0 Å². The van der Waals surface area contributed by atoms with Gasteiger partial charge in [0.25, 0.3) is 5.95 Å². The molecule has 0 amide bonds. The molecule has 2 rings (SSSR count). The summed E-state index contributed by atoms with van der Waals surface area (Å²) in [5.74, 6) is 0.881.